The Bertz CT molecular complexity index is 303. The second-order valence-electron chi connectivity index (χ2n) is 3.14. The Kier molecular flexibility index (Phi) is 4.37. The van der Waals surface area contributed by atoms with Gasteiger partial charge in [-0.2, -0.15) is 0 Å². The largest absolute Gasteiger partial charge is 0.496 e. The SMILES string of the molecule is CNCCc1c(OC)cc(F)cc1OC. The van der Waals surface area contributed by atoms with Gasteiger partial charge in [-0.3, -0.25) is 0 Å². The van der Waals surface area contributed by atoms with Crippen molar-refractivity contribution in [2.75, 3.05) is 27.8 Å². The van der Waals surface area contributed by atoms with Crippen LogP contribution in [0.3, 0.4) is 0 Å². The molecule has 1 N–H and O–H groups in total. The molecule has 0 fully saturated rings. The zero-order valence-electron chi connectivity index (χ0n) is 9.26. The molecule has 0 atom stereocenters. The van der Waals surface area contributed by atoms with Crippen molar-refractivity contribution in [3.8, 4) is 11.5 Å². The third-order valence-corrected chi connectivity index (χ3v) is 2.20. The van der Waals surface area contributed by atoms with Gasteiger partial charge in [0.25, 0.3) is 0 Å². The van der Waals surface area contributed by atoms with E-state index in [9.17, 15) is 4.39 Å². The molecule has 0 aromatic heterocycles. The molecule has 0 saturated carbocycles. The molecule has 0 bridgehead atoms. The minimum absolute atomic E-state index is 0.350. The van der Waals surface area contributed by atoms with Crippen LogP contribution in [0.5, 0.6) is 11.5 Å². The molecule has 0 aliphatic carbocycles. The molecule has 0 aliphatic rings. The van der Waals surface area contributed by atoms with E-state index in [1.54, 1.807) is 0 Å². The summed E-state index contributed by atoms with van der Waals surface area (Å²) in [5, 5.41) is 3.03. The number of hydrogen-bond acceptors (Lipinski definition) is 3. The molecule has 0 heterocycles. The summed E-state index contributed by atoms with van der Waals surface area (Å²) in [6.45, 7) is 0.790. The smallest absolute Gasteiger partial charge is 0.130 e. The van der Waals surface area contributed by atoms with Crippen LogP contribution in [0.4, 0.5) is 4.39 Å². The normalized spacial score (nSPS) is 10.1. The van der Waals surface area contributed by atoms with E-state index in [1.807, 2.05) is 7.05 Å². The molecular formula is C11H16FNO2. The quantitative estimate of drug-likeness (QED) is 0.806. The Morgan fingerprint density at radius 3 is 2.13 bits per heavy atom. The highest BCUT2D eigenvalue weighted by molar-refractivity contribution is 5.45. The number of likely N-dealkylation sites (N-methyl/N-ethyl adjacent to an activating group) is 1. The maximum atomic E-state index is 13.1. The van der Waals surface area contributed by atoms with Crippen LogP contribution in [0.25, 0.3) is 0 Å². The van der Waals surface area contributed by atoms with E-state index in [-0.39, 0.29) is 5.82 Å². The lowest BCUT2D eigenvalue weighted by molar-refractivity contribution is 0.379. The van der Waals surface area contributed by atoms with Gasteiger partial charge in [-0.15, -0.1) is 0 Å². The Morgan fingerprint density at radius 2 is 1.73 bits per heavy atom. The van der Waals surface area contributed by atoms with E-state index in [2.05, 4.69) is 5.32 Å². The Hall–Kier alpha value is -1.29. The summed E-state index contributed by atoms with van der Waals surface area (Å²) in [7, 11) is 4.91. The number of benzene rings is 1. The molecule has 0 saturated heterocycles. The van der Waals surface area contributed by atoms with Crippen molar-refractivity contribution in [2.45, 2.75) is 6.42 Å². The summed E-state index contributed by atoms with van der Waals surface area (Å²) in [4.78, 5) is 0. The van der Waals surface area contributed by atoms with Crippen LogP contribution < -0.4 is 14.8 Å². The van der Waals surface area contributed by atoms with E-state index in [4.69, 9.17) is 9.47 Å². The second kappa shape index (κ2) is 5.56. The van der Waals surface area contributed by atoms with Gasteiger partial charge in [-0.25, -0.2) is 4.39 Å². The van der Waals surface area contributed by atoms with Crippen LogP contribution in [-0.4, -0.2) is 27.8 Å². The number of nitrogens with one attached hydrogen (secondary N) is 1. The average molecular weight is 213 g/mol. The second-order valence-corrected chi connectivity index (χ2v) is 3.14. The first kappa shape index (κ1) is 11.8. The van der Waals surface area contributed by atoms with Gasteiger partial charge in [-0.1, -0.05) is 0 Å². The highest BCUT2D eigenvalue weighted by atomic mass is 19.1. The first-order valence-electron chi connectivity index (χ1n) is 4.78. The van der Waals surface area contributed by atoms with Gasteiger partial charge in [0.15, 0.2) is 0 Å². The van der Waals surface area contributed by atoms with Crippen LogP contribution in [0.15, 0.2) is 12.1 Å². The first-order valence-corrected chi connectivity index (χ1v) is 4.78. The van der Waals surface area contributed by atoms with Gasteiger partial charge in [0.1, 0.15) is 17.3 Å². The van der Waals surface area contributed by atoms with Crippen LogP contribution in [-0.2, 0) is 6.42 Å². The molecule has 0 aliphatic heterocycles. The zero-order chi connectivity index (χ0) is 11.3. The molecule has 0 spiro atoms. The number of ether oxygens (including phenoxy) is 2. The van der Waals surface area contributed by atoms with Gasteiger partial charge in [0.05, 0.1) is 14.2 Å². The molecule has 84 valence electrons. The topological polar surface area (TPSA) is 30.5 Å². The van der Waals surface area contributed by atoms with Crippen LogP contribution in [0.2, 0.25) is 0 Å². The van der Waals surface area contributed by atoms with Gasteiger partial charge >= 0.3 is 0 Å². The van der Waals surface area contributed by atoms with Crippen molar-refractivity contribution in [1.82, 2.24) is 5.32 Å². The summed E-state index contributed by atoms with van der Waals surface area (Å²) < 4.78 is 23.4. The Labute approximate surface area is 89.2 Å². The molecule has 1 aromatic carbocycles. The van der Waals surface area contributed by atoms with Crippen molar-refractivity contribution in [3.63, 3.8) is 0 Å². The molecule has 0 radical (unpaired) electrons. The molecular weight excluding hydrogens is 197 g/mol. The fraction of sp³-hybridized carbons (Fsp3) is 0.455. The number of rotatable bonds is 5. The lowest BCUT2D eigenvalue weighted by atomic mass is 10.1. The Morgan fingerprint density at radius 1 is 1.20 bits per heavy atom. The summed E-state index contributed by atoms with van der Waals surface area (Å²) in [6.07, 6.45) is 0.739. The predicted octanol–water partition coefficient (Wildman–Crippen LogP) is 1.60. The molecule has 3 nitrogen and oxygen atoms in total. The zero-order valence-corrected chi connectivity index (χ0v) is 9.26. The lowest BCUT2D eigenvalue weighted by Gasteiger charge is -2.13. The van der Waals surface area contributed by atoms with Crippen molar-refractivity contribution >= 4 is 0 Å². The average Bonchev–Trinajstić information content (AvgIpc) is 2.26. The van der Waals surface area contributed by atoms with Crippen LogP contribution in [0.1, 0.15) is 5.56 Å². The number of methoxy groups -OCH3 is 2. The van der Waals surface area contributed by atoms with E-state index >= 15 is 0 Å². The standard InChI is InChI=1S/C11H16FNO2/c1-13-5-4-9-10(14-2)6-8(12)7-11(9)15-3/h6-7,13H,4-5H2,1-3H3. The summed E-state index contributed by atoms with van der Waals surface area (Å²) >= 11 is 0. The summed E-state index contributed by atoms with van der Waals surface area (Å²) in [5.74, 6) is 0.709. The van der Waals surface area contributed by atoms with Gasteiger partial charge in [0.2, 0.25) is 0 Å². The minimum Gasteiger partial charge on any atom is -0.496 e. The molecule has 0 amide bonds. The maximum absolute atomic E-state index is 13.1. The minimum atomic E-state index is -0.350. The summed E-state index contributed by atoms with van der Waals surface area (Å²) in [6, 6.07) is 2.74. The first-order chi connectivity index (χ1) is 7.22. The molecule has 0 unspecified atom stereocenters. The lowest BCUT2D eigenvalue weighted by Crippen LogP contribution is -2.12. The van der Waals surface area contributed by atoms with Crippen LogP contribution >= 0.6 is 0 Å². The third kappa shape index (κ3) is 2.83. The van der Waals surface area contributed by atoms with Crippen molar-refractivity contribution < 1.29 is 13.9 Å². The van der Waals surface area contributed by atoms with Crippen molar-refractivity contribution in [1.29, 1.82) is 0 Å². The van der Waals surface area contributed by atoms with E-state index in [0.717, 1.165) is 18.5 Å². The monoisotopic (exact) mass is 213 g/mol. The summed E-state index contributed by atoms with van der Waals surface area (Å²) in [5.41, 5.74) is 0.885. The fourth-order valence-corrected chi connectivity index (χ4v) is 1.45. The number of hydrogen-bond donors (Lipinski definition) is 1. The van der Waals surface area contributed by atoms with Crippen molar-refractivity contribution in [3.05, 3.63) is 23.5 Å². The fourth-order valence-electron chi connectivity index (χ4n) is 1.45. The molecule has 1 rings (SSSR count). The van der Waals surface area contributed by atoms with Crippen molar-refractivity contribution in [2.24, 2.45) is 0 Å². The van der Waals surface area contributed by atoms with Crippen LogP contribution in [0, 0.1) is 5.82 Å². The van der Waals surface area contributed by atoms with E-state index in [0.29, 0.717) is 11.5 Å². The molecule has 4 heteroatoms. The highest BCUT2D eigenvalue weighted by Gasteiger charge is 2.11. The van der Waals surface area contributed by atoms with E-state index in [1.165, 1.54) is 26.4 Å². The van der Waals surface area contributed by atoms with Gasteiger partial charge < -0.3 is 14.8 Å². The predicted molar refractivity (Wildman–Crippen MR) is 57.1 cm³/mol. The molecule has 15 heavy (non-hydrogen) atoms. The third-order valence-electron chi connectivity index (χ3n) is 2.20. The molecule has 1 aromatic rings. The van der Waals surface area contributed by atoms with E-state index < -0.39 is 0 Å². The highest BCUT2D eigenvalue weighted by Crippen LogP contribution is 2.30. The Balaban J connectivity index is 3.06. The van der Waals surface area contributed by atoms with Gasteiger partial charge in [-0.05, 0) is 20.0 Å². The maximum Gasteiger partial charge on any atom is 0.130 e. The van der Waals surface area contributed by atoms with Gasteiger partial charge in [0, 0.05) is 17.7 Å². The number of halogens is 1.